The van der Waals surface area contributed by atoms with Crippen molar-refractivity contribution in [3.8, 4) is 0 Å². The van der Waals surface area contributed by atoms with Crippen LogP contribution >= 0.6 is 35.7 Å². The first-order chi connectivity index (χ1) is 7.10. The molecule has 2 N–H and O–H groups in total. The Bertz CT molecular complexity index is 276. The van der Waals surface area contributed by atoms with Gasteiger partial charge in [-0.15, -0.1) is 0 Å². The number of hydrogen-bond acceptors (Lipinski definition) is 6. The molecule has 0 saturated heterocycles. The van der Waals surface area contributed by atoms with Crippen molar-refractivity contribution in [2.45, 2.75) is 37.2 Å². The summed E-state index contributed by atoms with van der Waals surface area (Å²) in [4.78, 5) is 15.0. The highest BCUT2D eigenvalue weighted by Crippen LogP contribution is 2.36. The minimum Gasteiger partial charge on any atom is -0.480 e. The topological polar surface area (TPSA) is 66.8 Å². The minimum atomic E-state index is -0.944. The standard InChI is InChI=1S/C9H16O4S3/c1-8(2,5-13-12)15-7(14)16-9(3,4)6(10)11/h12H,5H2,1-4H3,(H,10,11). The molecule has 0 aromatic carbocycles. The SMILES string of the molecule is CC(C)(COO)SC(=S)SC(C)(C)C(=O)O. The zero-order valence-corrected chi connectivity index (χ0v) is 12.1. The van der Waals surface area contributed by atoms with E-state index >= 15 is 0 Å². The predicted molar refractivity (Wildman–Crippen MR) is 72.2 cm³/mol. The predicted octanol–water partition coefficient (Wildman–Crippen LogP) is 2.87. The average Bonchev–Trinajstić information content (AvgIpc) is 1.99. The van der Waals surface area contributed by atoms with Gasteiger partial charge in [0.1, 0.15) is 8.28 Å². The fourth-order valence-electron chi connectivity index (χ4n) is 0.683. The molecule has 16 heavy (non-hydrogen) atoms. The van der Waals surface area contributed by atoms with E-state index in [2.05, 4.69) is 4.89 Å². The maximum Gasteiger partial charge on any atom is 0.319 e. The number of thiocarbonyl (C=S) groups is 1. The number of hydrogen-bond donors (Lipinski definition) is 2. The van der Waals surface area contributed by atoms with Crippen LogP contribution in [0, 0.1) is 0 Å². The summed E-state index contributed by atoms with van der Waals surface area (Å²) in [6.07, 6.45) is 0. The van der Waals surface area contributed by atoms with E-state index in [4.69, 9.17) is 22.6 Å². The van der Waals surface area contributed by atoms with Crippen molar-refractivity contribution in [3.05, 3.63) is 0 Å². The number of thioether (sulfide) groups is 2. The van der Waals surface area contributed by atoms with Crippen molar-refractivity contribution in [2.24, 2.45) is 0 Å². The molecule has 0 aliphatic carbocycles. The lowest BCUT2D eigenvalue weighted by Gasteiger charge is -2.24. The van der Waals surface area contributed by atoms with Gasteiger partial charge in [0, 0.05) is 4.75 Å². The summed E-state index contributed by atoms with van der Waals surface area (Å²) in [5, 5.41) is 17.3. The summed E-state index contributed by atoms with van der Waals surface area (Å²) in [5.41, 5.74) is 0. The average molecular weight is 284 g/mol. The van der Waals surface area contributed by atoms with Gasteiger partial charge in [-0.1, -0.05) is 35.7 Å². The Balaban J connectivity index is 4.34. The zero-order valence-electron chi connectivity index (χ0n) is 9.64. The lowest BCUT2D eigenvalue weighted by molar-refractivity contribution is -0.245. The normalized spacial score (nSPS) is 12.6. The van der Waals surface area contributed by atoms with Crippen LogP contribution < -0.4 is 0 Å². The molecule has 0 fully saturated rings. The smallest absolute Gasteiger partial charge is 0.319 e. The molecular formula is C9H16O4S3. The molecule has 0 amide bonds. The number of carboxylic acid groups (broad SMARTS) is 1. The highest BCUT2D eigenvalue weighted by Gasteiger charge is 2.32. The van der Waals surface area contributed by atoms with Gasteiger partial charge in [0.05, 0.1) is 6.61 Å². The zero-order chi connectivity index (χ0) is 13.0. The van der Waals surface area contributed by atoms with E-state index in [9.17, 15) is 4.79 Å². The van der Waals surface area contributed by atoms with Crippen LogP contribution in [-0.4, -0.2) is 36.0 Å². The third-order valence-corrected chi connectivity index (χ3v) is 4.31. The second-order valence-corrected chi connectivity index (χ2v) is 8.84. The molecule has 0 heterocycles. The third-order valence-electron chi connectivity index (χ3n) is 1.63. The quantitative estimate of drug-likeness (QED) is 0.457. The summed E-state index contributed by atoms with van der Waals surface area (Å²) in [6.45, 7) is 7.04. The molecule has 0 aliphatic heterocycles. The first-order valence-corrected chi connectivity index (χ1v) is 6.56. The Hall–Kier alpha value is 0.180. The monoisotopic (exact) mass is 284 g/mol. The maximum atomic E-state index is 10.9. The van der Waals surface area contributed by atoms with Gasteiger partial charge in [-0.2, -0.15) is 0 Å². The number of carbonyl (C=O) groups is 1. The van der Waals surface area contributed by atoms with Crippen LogP contribution in [0.4, 0.5) is 0 Å². The largest absolute Gasteiger partial charge is 0.480 e. The Morgan fingerprint density at radius 1 is 1.31 bits per heavy atom. The van der Waals surface area contributed by atoms with Crippen LogP contribution in [0.5, 0.6) is 0 Å². The molecule has 0 radical (unpaired) electrons. The molecule has 0 rings (SSSR count). The highest BCUT2D eigenvalue weighted by molar-refractivity contribution is 8.48. The van der Waals surface area contributed by atoms with Crippen molar-refractivity contribution >= 4 is 45.2 Å². The first kappa shape index (κ1) is 16.2. The molecule has 0 spiro atoms. The van der Waals surface area contributed by atoms with Gasteiger partial charge in [-0.25, -0.2) is 4.89 Å². The van der Waals surface area contributed by atoms with Gasteiger partial charge >= 0.3 is 5.97 Å². The molecule has 7 heteroatoms. The number of aliphatic carboxylic acids is 1. The van der Waals surface area contributed by atoms with Gasteiger partial charge < -0.3 is 5.11 Å². The molecule has 0 aliphatic rings. The van der Waals surface area contributed by atoms with Gasteiger partial charge in [0.25, 0.3) is 0 Å². The summed E-state index contributed by atoms with van der Waals surface area (Å²) in [6, 6.07) is 0. The molecule has 0 aromatic rings. The van der Waals surface area contributed by atoms with Crippen LogP contribution in [-0.2, 0) is 9.68 Å². The molecule has 0 unspecified atom stereocenters. The number of carboxylic acids is 1. The van der Waals surface area contributed by atoms with Crippen molar-refractivity contribution in [3.63, 3.8) is 0 Å². The summed E-state index contributed by atoms with van der Waals surface area (Å²) < 4.78 is -0.803. The Labute approximate surface area is 109 Å². The van der Waals surface area contributed by atoms with E-state index in [-0.39, 0.29) is 11.4 Å². The van der Waals surface area contributed by atoms with Gasteiger partial charge in [0.15, 0.2) is 0 Å². The van der Waals surface area contributed by atoms with Crippen molar-refractivity contribution in [2.75, 3.05) is 6.61 Å². The number of rotatable bonds is 5. The highest BCUT2D eigenvalue weighted by atomic mass is 32.2. The van der Waals surface area contributed by atoms with Crippen molar-refractivity contribution in [1.29, 1.82) is 0 Å². The van der Waals surface area contributed by atoms with Gasteiger partial charge in [0.2, 0.25) is 0 Å². The van der Waals surface area contributed by atoms with Crippen LogP contribution in [0.3, 0.4) is 0 Å². The van der Waals surface area contributed by atoms with E-state index in [1.807, 2.05) is 13.8 Å². The van der Waals surface area contributed by atoms with Crippen molar-refractivity contribution < 1.29 is 20.0 Å². The van der Waals surface area contributed by atoms with Crippen LogP contribution in [0.1, 0.15) is 27.7 Å². The second-order valence-electron chi connectivity index (χ2n) is 4.30. The fraction of sp³-hybridized carbons (Fsp3) is 0.778. The molecule has 0 atom stereocenters. The van der Waals surface area contributed by atoms with Gasteiger partial charge in [-0.3, -0.25) is 10.1 Å². The van der Waals surface area contributed by atoms with Gasteiger partial charge in [-0.05, 0) is 27.7 Å². The fourth-order valence-corrected chi connectivity index (χ4v) is 4.52. The Morgan fingerprint density at radius 2 is 1.81 bits per heavy atom. The van der Waals surface area contributed by atoms with Crippen molar-refractivity contribution in [1.82, 2.24) is 0 Å². The Kier molecular flexibility index (Phi) is 6.27. The summed E-state index contributed by atoms with van der Waals surface area (Å²) in [7, 11) is 0. The third kappa shape index (κ3) is 6.05. The van der Waals surface area contributed by atoms with E-state index < -0.39 is 10.7 Å². The minimum absolute atomic E-state index is 0.131. The summed E-state index contributed by atoms with van der Waals surface area (Å²) in [5.74, 6) is -0.906. The molecule has 0 saturated carbocycles. The molecule has 4 nitrogen and oxygen atoms in total. The van der Waals surface area contributed by atoms with E-state index in [0.717, 1.165) is 11.8 Å². The van der Waals surface area contributed by atoms with Crippen LogP contribution in [0.15, 0.2) is 0 Å². The van der Waals surface area contributed by atoms with Crippen LogP contribution in [0.25, 0.3) is 0 Å². The molecule has 0 bridgehead atoms. The second kappa shape index (κ2) is 6.20. The molecule has 0 aromatic heterocycles. The van der Waals surface area contributed by atoms with E-state index in [0.29, 0.717) is 3.53 Å². The molecular weight excluding hydrogens is 268 g/mol. The lowest BCUT2D eigenvalue weighted by Crippen LogP contribution is -2.29. The van der Waals surface area contributed by atoms with Crippen LogP contribution in [0.2, 0.25) is 0 Å². The summed E-state index contributed by atoms with van der Waals surface area (Å²) >= 11 is 7.55. The Morgan fingerprint density at radius 3 is 2.19 bits per heavy atom. The lowest BCUT2D eigenvalue weighted by atomic mass is 10.2. The maximum absolute atomic E-state index is 10.9. The van der Waals surface area contributed by atoms with E-state index in [1.54, 1.807) is 13.8 Å². The van der Waals surface area contributed by atoms with E-state index in [1.165, 1.54) is 11.8 Å². The molecule has 94 valence electrons. The first-order valence-electron chi connectivity index (χ1n) is 4.52.